The second kappa shape index (κ2) is 8.78. The summed E-state index contributed by atoms with van der Waals surface area (Å²) in [5.41, 5.74) is 3.85. The van der Waals surface area contributed by atoms with E-state index in [4.69, 9.17) is 4.74 Å². The highest BCUT2D eigenvalue weighted by Crippen LogP contribution is 2.33. The highest BCUT2D eigenvalue weighted by atomic mass is 16.5. The molecule has 0 aromatic heterocycles. The molecule has 2 aliphatic heterocycles. The lowest BCUT2D eigenvalue weighted by molar-refractivity contribution is -0.139. The van der Waals surface area contributed by atoms with Gasteiger partial charge in [0, 0.05) is 18.8 Å². The van der Waals surface area contributed by atoms with E-state index in [9.17, 15) is 9.59 Å². The number of rotatable bonds is 4. The number of nitrogens with one attached hydrogen (secondary N) is 1. The number of hydrogen-bond acceptors (Lipinski definition) is 4. The third kappa shape index (κ3) is 4.58. The molecule has 1 N–H and O–H groups in total. The standard InChI is InChI=1S/C24H29N3O3/c1-17-12-18(2)14-19(13-17)25-23(28)16-27-15-22(24(29)26-10-6-3-7-11-26)30-21-9-5-4-8-20(21)27/h4-5,8-9,12-14,22H,3,6-7,10-11,15-16H2,1-2H3,(H,25,28)/t22-/m0/s1. The predicted molar refractivity (Wildman–Crippen MR) is 118 cm³/mol. The number of aryl methyl sites for hydroxylation is 2. The molecule has 0 unspecified atom stereocenters. The Hall–Kier alpha value is -3.02. The number of ether oxygens (including phenoxy) is 1. The molecule has 4 rings (SSSR count). The first-order chi connectivity index (χ1) is 14.5. The minimum Gasteiger partial charge on any atom is -0.477 e. The summed E-state index contributed by atoms with van der Waals surface area (Å²) in [5.74, 6) is 0.558. The molecule has 30 heavy (non-hydrogen) atoms. The summed E-state index contributed by atoms with van der Waals surface area (Å²) in [4.78, 5) is 29.7. The van der Waals surface area contributed by atoms with E-state index in [1.165, 1.54) is 6.42 Å². The van der Waals surface area contributed by atoms with Crippen LogP contribution in [0.2, 0.25) is 0 Å². The first-order valence-corrected chi connectivity index (χ1v) is 10.7. The highest BCUT2D eigenvalue weighted by Gasteiger charge is 2.34. The molecule has 1 atom stereocenters. The maximum absolute atomic E-state index is 13.0. The summed E-state index contributed by atoms with van der Waals surface area (Å²) in [6, 6.07) is 13.6. The van der Waals surface area contributed by atoms with Crippen molar-refractivity contribution in [3.05, 3.63) is 53.6 Å². The molecule has 0 aliphatic carbocycles. The highest BCUT2D eigenvalue weighted by molar-refractivity contribution is 5.95. The van der Waals surface area contributed by atoms with Crippen molar-refractivity contribution in [3.63, 3.8) is 0 Å². The molecule has 2 aliphatic rings. The SMILES string of the molecule is Cc1cc(C)cc(NC(=O)CN2C[C@@H](C(=O)N3CCCCC3)Oc3ccccc32)c1. The van der Waals surface area contributed by atoms with Crippen molar-refractivity contribution in [2.75, 3.05) is 36.4 Å². The Morgan fingerprint density at radius 2 is 1.73 bits per heavy atom. The summed E-state index contributed by atoms with van der Waals surface area (Å²) >= 11 is 0. The first kappa shape index (κ1) is 20.3. The smallest absolute Gasteiger partial charge is 0.265 e. The largest absolute Gasteiger partial charge is 0.477 e. The van der Waals surface area contributed by atoms with E-state index in [2.05, 4.69) is 11.4 Å². The molecule has 6 heteroatoms. The van der Waals surface area contributed by atoms with Gasteiger partial charge in [-0.1, -0.05) is 18.2 Å². The predicted octanol–water partition coefficient (Wildman–Crippen LogP) is 3.52. The molecule has 0 saturated carbocycles. The molecule has 0 bridgehead atoms. The van der Waals surface area contributed by atoms with E-state index in [0.29, 0.717) is 12.3 Å². The molecule has 158 valence electrons. The van der Waals surface area contributed by atoms with Crippen LogP contribution in [0, 0.1) is 13.8 Å². The van der Waals surface area contributed by atoms with E-state index in [1.807, 2.05) is 60.0 Å². The van der Waals surface area contributed by atoms with Gasteiger partial charge in [0.2, 0.25) is 5.91 Å². The Labute approximate surface area is 177 Å². The van der Waals surface area contributed by atoms with Gasteiger partial charge in [-0.3, -0.25) is 9.59 Å². The zero-order valence-corrected chi connectivity index (χ0v) is 17.7. The van der Waals surface area contributed by atoms with Gasteiger partial charge in [0.25, 0.3) is 5.91 Å². The summed E-state index contributed by atoms with van der Waals surface area (Å²) in [5, 5.41) is 2.99. The number of likely N-dealkylation sites (tertiary alicyclic amines) is 1. The second-order valence-electron chi connectivity index (χ2n) is 8.27. The second-order valence-corrected chi connectivity index (χ2v) is 8.27. The van der Waals surface area contributed by atoms with Crippen molar-refractivity contribution in [3.8, 4) is 5.75 Å². The fourth-order valence-electron chi connectivity index (χ4n) is 4.32. The topological polar surface area (TPSA) is 61.9 Å². The van der Waals surface area contributed by atoms with Crippen molar-refractivity contribution in [1.82, 2.24) is 4.90 Å². The zero-order chi connectivity index (χ0) is 21.1. The average molecular weight is 408 g/mol. The number of carbonyl (C=O) groups is 2. The molecule has 2 aromatic rings. The molecule has 6 nitrogen and oxygen atoms in total. The number of nitrogens with zero attached hydrogens (tertiary/aromatic N) is 2. The van der Waals surface area contributed by atoms with E-state index >= 15 is 0 Å². The van der Waals surface area contributed by atoms with Gasteiger partial charge in [-0.25, -0.2) is 0 Å². The third-order valence-corrected chi connectivity index (χ3v) is 5.64. The van der Waals surface area contributed by atoms with Gasteiger partial charge in [0.05, 0.1) is 18.8 Å². The maximum atomic E-state index is 13.0. The Morgan fingerprint density at radius 3 is 2.47 bits per heavy atom. The molecule has 0 spiro atoms. The maximum Gasteiger partial charge on any atom is 0.265 e. The van der Waals surface area contributed by atoms with Gasteiger partial charge < -0.3 is 19.9 Å². The van der Waals surface area contributed by atoms with Crippen molar-refractivity contribution in [2.45, 2.75) is 39.2 Å². The molecule has 2 heterocycles. The first-order valence-electron chi connectivity index (χ1n) is 10.7. The molecule has 2 amide bonds. The van der Waals surface area contributed by atoms with Gasteiger partial charge in [0.15, 0.2) is 6.10 Å². The summed E-state index contributed by atoms with van der Waals surface area (Å²) in [6.07, 6.45) is 2.66. The number of anilines is 2. The Balaban J connectivity index is 1.49. The molecule has 1 fully saturated rings. The summed E-state index contributed by atoms with van der Waals surface area (Å²) < 4.78 is 6.04. The van der Waals surface area contributed by atoms with Crippen LogP contribution < -0.4 is 15.0 Å². The number of amides is 2. The van der Waals surface area contributed by atoms with Gasteiger partial charge >= 0.3 is 0 Å². The fraction of sp³-hybridized carbons (Fsp3) is 0.417. The van der Waals surface area contributed by atoms with Crippen LogP contribution >= 0.6 is 0 Å². The number of benzene rings is 2. The van der Waals surface area contributed by atoms with Crippen LogP contribution in [0.4, 0.5) is 11.4 Å². The third-order valence-electron chi connectivity index (χ3n) is 5.64. The van der Waals surface area contributed by atoms with Gasteiger partial charge in [-0.2, -0.15) is 0 Å². The van der Waals surface area contributed by atoms with E-state index in [1.54, 1.807) is 0 Å². The summed E-state index contributed by atoms with van der Waals surface area (Å²) in [6.45, 7) is 6.13. The molecular formula is C24H29N3O3. The number of para-hydroxylation sites is 2. The molecule has 1 saturated heterocycles. The van der Waals surface area contributed by atoms with Crippen molar-refractivity contribution < 1.29 is 14.3 Å². The average Bonchev–Trinajstić information content (AvgIpc) is 2.73. The quantitative estimate of drug-likeness (QED) is 0.842. The Bertz CT molecular complexity index is 917. The van der Waals surface area contributed by atoms with Crippen molar-refractivity contribution in [1.29, 1.82) is 0 Å². The van der Waals surface area contributed by atoms with Gasteiger partial charge in [-0.15, -0.1) is 0 Å². The molecule has 2 aromatic carbocycles. The lowest BCUT2D eigenvalue weighted by atomic mass is 10.1. The minimum absolute atomic E-state index is 0.0175. The van der Waals surface area contributed by atoms with Crippen LogP contribution in [-0.2, 0) is 9.59 Å². The number of carbonyl (C=O) groups excluding carboxylic acids is 2. The minimum atomic E-state index is -0.591. The van der Waals surface area contributed by atoms with Gasteiger partial charge in [0.1, 0.15) is 5.75 Å². The monoisotopic (exact) mass is 407 g/mol. The van der Waals surface area contributed by atoms with E-state index in [0.717, 1.165) is 48.4 Å². The number of piperidine rings is 1. The molecular weight excluding hydrogens is 378 g/mol. The lowest BCUT2D eigenvalue weighted by Gasteiger charge is -2.38. The van der Waals surface area contributed by atoms with E-state index in [-0.39, 0.29) is 18.4 Å². The van der Waals surface area contributed by atoms with Gasteiger partial charge in [-0.05, 0) is 68.5 Å². The van der Waals surface area contributed by atoms with E-state index < -0.39 is 6.10 Å². The lowest BCUT2D eigenvalue weighted by Crippen LogP contribution is -2.52. The summed E-state index contributed by atoms with van der Waals surface area (Å²) in [7, 11) is 0. The van der Waals surface area contributed by atoms with Crippen molar-refractivity contribution in [2.24, 2.45) is 0 Å². The zero-order valence-electron chi connectivity index (χ0n) is 17.7. The number of fused-ring (bicyclic) bond motifs is 1. The van der Waals surface area contributed by atoms with Crippen LogP contribution in [-0.4, -0.2) is 49.0 Å². The van der Waals surface area contributed by atoms with Crippen LogP contribution in [0.1, 0.15) is 30.4 Å². The fourth-order valence-corrected chi connectivity index (χ4v) is 4.32. The molecule has 0 radical (unpaired) electrons. The van der Waals surface area contributed by atoms with Crippen LogP contribution in [0.15, 0.2) is 42.5 Å². The van der Waals surface area contributed by atoms with Crippen LogP contribution in [0.3, 0.4) is 0 Å². The van der Waals surface area contributed by atoms with Crippen LogP contribution in [0.5, 0.6) is 5.75 Å². The Morgan fingerprint density at radius 1 is 1.03 bits per heavy atom. The van der Waals surface area contributed by atoms with Crippen LogP contribution in [0.25, 0.3) is 0 Å². The number of hydrogen-bond donors (Lipinski definition) is 1. The van der Waals surface area contributed by atoms with Crippen molar-refractivity contribution >= 4 is 23.2 Å². The normalized spacial score (nSPS) is 18.4. The Kier molecular flexibility index (Phi) is 5.93.